The van der Waals surface area contributed by atoms with Gasteiger partial charge in [-0.1, -0.05) is 18.2 Å². The fourth-order valence-electron chi connectivity index (χ4n) is 5.30. The zero-order valence-electron chi connectivity index (χ0n) is 22.5. The normalized spacial score (nSPS) is 19.1. The van der Waals surface area contributed by atoms with Crippen molar-refractivity contribution in [1.29, 1.82) is 0 Å². The topological polar surface area (TPSA) is 72.9 Å². The first-order valence-electron chi connectivity index (χ1n) is 13.1. The molecule has 42 heavy (non-hydrogen) atoms. The van der Waals surface area contributed by atoms with Crippen molar-refractivity contribution in [2.24, 2.45) is 0 Å². The van der Waals surface area contributed by atoms with E-state index >= 15 is 8.78 Å². The molecule has 3 aromatic rings. The van der Waals surface area contributed by atoms with Crippen molar-refractivity contribution in [3.05, 3.63) is 100 Å². The van der Waals surface area contributed by atoms with Crippen LogP contribution in [0.5, 0.6) is 5.75 Å². The van der Waals surface area contributed by atoms with Gasteiger partial charge in [0, 0.05) is 17.8 Å². The molecule has 0 amide bonds. The fourth-order valence-corrected chi connectivity index (χ4v) is 5.75. The second kappa shape index (κ2) is 11.0. The number of nitrogens with zero attached hydrogens (tertiary/aromatic N) is 1. The van der Waals surface area contributed by atoms with E-state index in [4.69, 9.17) is 0 Å². The molecule has 0 aromatic heterocycles. The maximum absolute atomic E-state index is 15.8. The van der Waals surface area contributed by atoms with Gasteiger partial charge in [0.15, 0.2) is 0 Å². The summed E-state index contributed by atoms with van der Waals surface area (Å²) in [7, 11) is -4.75. The van der Waals surface area contributed by atoms with Gasteiger partial charge in [-0.2, -0.15) is 21.6 Å². The van der Waals surface area contributed by atoms with Crippen molar-refractivity contribution in [2.45, 2.75) is 49.7 Å². The highest BCUT2D eigenvalue weighted by Gasteiger charge is 2.48. The second-order valence-corrected chi connectivity index (χ2v) is 11.9. The molecule has 2 unspecified atom stereocenters. The minimum Gasteiger partial charge on any atom is -0.466 e. The lowest BCUT2D eigenvalue weighted by atomic mass is 9.83. The Balaban J connectivity index is 1.62. The summed E-state index contributed by atoms with van der Waals surface area (Å²) in [6, 6.07) is 11.8. The molecule has 1 heterocycles. The van der Waals surface area contributed by atoms with E-state index < -0.39 is 51.1 Å². The Hall–Kier alpha value is -3.93. The molecule has 0 saturated heterocycles. The summed E-state index contributed by atoms with van der Waals surface area (Å²) in [5.74, 6) is -2.61. The van der Waals surface area contributed by atoms with Crippen molar-refractivity contribution in [3.63, 3.8) is 0 Å². The first kappa shape index (κ1) is 29.6. The van der Waals surface area contributed by atoms with E-state index in [1.54, 1.807) is 6.92 Å². The highest BCUT2D eigenvalue weighted by molar-refractivity contribution is 7.88. The quantitative estimate of drug-likeness (QED) is 0.0968. The van der Waals surface area contributed by atoms with E-state index in [-0.39, 0.29) is 17.5 Å². The molecular formula is C30H26F5NO5S. The minimum atomic E-state index is -5.92. The fraction of sp³-hybridized carbons (Fsp3) is 0.300. The first-order valence-corrected chi connectivity index (χ1v) is 14.5. The lowest BCUT2D eigenvalue weighted by Gasteiger charge is -2.44. The molecule has 222 valence electrons. The van der Waals surface area contributed by atoms with Crippen molar-refractivity contribution < 1.29 is 44.1 Å². The molecule has 1 fully saturated rings. The van der Waals surface area contributed by atoms with Gasteiger partial charge in [-0.05, 0) is 96.8 Å². The number of methoxy groups -OCH3 is 1. The number of hydrogen-bond acceptors (Lipinski definition) is 6. The molecule has 2 atom stereocenters. The van der Waals surface area contributed by atoms with Gasteiger partial charge < -0.3 is 13.8 Å². The molecule has 1 aliphatic heterocycles. The Kier molecular flexibility index (Phi) is 7.78. The molecule has 5 rings (SSSR count). The largest absolute Gasteiger partial charge is 0.534 e. The van der Waals surface area contributed by atoms with Crippen molar-refractivity contribution in [3.8, 4) is 5.75 Å². The highest BCUT2D eigenvalue weighted by atomic mass is 32.2. The van der Waals surface area contributed by atoms with Crippen LogP contribution in [0.15, 0.2) is 60.7 Å². The van der Waals surface area contributed by atoms with E-state index in [1.165, 1.54) is 19.3 Å². The van der Waals surface area contributed by atoms with Crippen LogP contribution in [0, 0.1) is 11.6 Å². The summed E-state index contributed by atoms with van der Waals surface area (Å²) in [4.78, 5) is 13.3. The monoisotopic (exact) mass is 607 g/mol. The van der Waals surface area contributed by atoms with Crippen LogP contribution in [0.25, 0.3) is 6.08 Å². The van der Waals surface area contributed by atoms with Crippen molar-refractivity contribution in [2.75, 3.05) is 12.0 Å². The number of alkyl halides is 3. The Morgan fingerprint density at radius 1 is 1.00 bits per heavy atom. The van der Waals surface area contributed by atoms with E-state index in [1.807, 2.05) is 29.2 Å². The Morgan fingerprint density at radius 2 is 1.64 bits per heavy atom. The maximum atomic E-state index is 15.8. The lowest BCUT2D eigenvalue weighted by Crippen LogP contribution is -2.43. The molecule has 3 aromatic carbocycles. The van der Waals surface area contributed by atoms with Gasteiger partial charge in [-0.25, -0.2) is 13.6 Å². The second-order valence-electron chi connectivity index (χ2n) is 10.3. The van der Waals surface area contributed by atoms with Gasteiger partial charge in [-0.15, -0.1) is 0 Å². The summed E-state index contributed by atoms with van der Waals surface area (Å²) in [6.07, 6.45) is 4.64. The molecule has 6 nitrogen and oxygen atoms in total. The number of ether oxygens (including phenoxy) is 1. The van der Waals surface area contributed by atoms with E-state index in [2.05, 4.69) is 8.92 Å². The van der Waals surface area contributed by atoms with Crippen molar-refractivity contribution >= 4 is 27.9 Å². The molecule has 12 heteroatoms. The molecular weight excluding hydrogens is 581 g/mol. The van der Waals surface area contributed by atoms with Gasteiger partial charge in [0.2, 0.25) is 0 Å². The van der Waals surface area contributed by atoms with Crippen LogP contribution in [0.2, 0.25) is 0 Å². The number of esters is 1. The lowest BCUT2D eigenvalue weighted by molar-refractivity contribution is -0.134. The predicted octanol–water partition coefficient (Wildman–Crippen LogP) is 6.80. The van der Waals surface area contributed by atoms with Gasteiger partial charge >= 0.3 is 21.6 Å². The minimum absolute atomic E-state index is 0.0738. The predicted molar refractivity (Wildman–Crippen MR) is 145 cm³/mol. The van der Waals surface area contributed by atoms with Gasteiger partial charge in [0.25, 0.3) is 0 Å². The zero-order valence-corrected chi connectivity index (χ0v) is 23.3. The molecule has 1 aliphatic carbocycles. The third kappa shape index (κ3) is 5.85. The number of fused-ring (bicyclic) bond motifs is 1. The molecule has 0 spiro atoms. The Labute approximate surface area is 239 Å². The summed E-state index contributed by atoms with van der Waals surface area (Å²) in [5.41, 5.74) is -3.29. The Morgan fingerprint density at radius 3 is 2.21 bits per heavy atom. The summed E-state index contributed by atoms with van der Waals surface area (Å²) < 4.78 is 102. The maximum Gasteiger partial charge on any atom is 0.534 e. The van der Waals surface area contributed by atoms with E-state index in [0.717, 1.165) is 48.7 Å². The average Bonchev–Trinajstić information content (AvgIpc) is 3.76. The molecule has 1 saturated carbocycles. The smallest absolute Gasteiger partial charge is 0.466 e. The summed E-state index contributed by atoms with van der Waals surface area (Å²) in [6.45, 7) is 1.80. The number of carbonyl (C=O) groups is 1. The van der Waals surface area contributed by atoms with Gasteiger partial charge in [0.05, 0.1) is 18.7 Å². The number of hydrogen-bond donors (Lipinski definition) is 0. The average molecular weight is 608 g/mol. The molecule has 0 bridgehead atoms. The van der Waals surface area contributed by atoms with Crippen LogP contribution < -0.4 is 9.08 Å². The van der Waals surface area contributed by atoms with Gasteiger partial charge in [0.1, 0.15) is 17.4 Å². The third-order valence-corrected chi connectivity index (χ3v) is 8.37. The number of benzene rings is 3. The molecule has 0 radical (unpaired) electrons. The molecule has 0 N–H and O–H groups in total. The SMILES string of the molecule is COC(=O)/C=C/c1cc(F)c(C2c3ccc(OS(=O)(=O)C(F)(F)F)cc3CC(C)N2c2ccc(C3CC3)cc2)c(F)c1. The highest BCUT2D eigenvalue weighted by Crippen LogP contribution is 2.45. The van der Waals surface area contributed by atoms with E-state index in [0.29, 0.717) is 22.7 Å². The van der Waals surface area contributed by atoms with Gasteiger partial charge in [-0.3, -0.25) is 0 Å². The van der Waals surface area contributed by atoms with Crippen LogP contribution in [-0.4, -0.2) is 33.0 Å². The third-order valence-electron chi connectivity index (χ3n) is 7.39. The molecule has 2 aliphatic rings. The number of rotatable bonds is 7. The van der Waals surface area contributed by atoms with Crippen LogP contribution in [0.4, 0.5) is 27.6 Å². The first-order chi connectivity index (χ1) is 19.8. The Bertz CT molecular complexity index is 1630. The van der Waals surface area contributed by atoms with Crippen LogP contribution >= 0.6 is 0 Å². The number of halogens is 5. The zero-order chi connectivity index (χ0) is 30.4. The number of anilines is 1. The standard InChI is InChI=1S/C30H26F5NO5S/c1-17-13-21-16-23(41-42(38,39)30(33,34)35)10-11-24(21)29(36(17)22-8-6-20(7-9-22)19-4-5-19)28-25(31)14-18(15-26(28)32)3-12-27(37)40-2/h3,6-12,14-17,19,29H,4-5,13H2,1-2H3/b12-3+. The van der Waals surface area contributed by atoms with Crippen LogP contribution in [0.3, 0.4) is 0 Å². The van der Waals surface area contributed by atoms with Crippen LogP contribution in [-0.2, 0) is 26.1 Å². The summed E-state index contributed by atoms with van der Waals surface area (Å²) in [5, 5.41) is 0. The number of carbonyl (C=O) groups excluding carboxylic acids is 1. The van der Waals surface area contributed by atoms with E-state index in [9.17, 15) is 26.4 Å². The summed E-state index contributed by atoms with van der Waals surface area (Å²) >= 11 is 0. The van der Waals surface area contributed by atoms with Crippen molar-refractivity contribution in [1.82, 2.24) is 0 Å². The van der Waals surface area contributed by atoms with Crippen LogP contribution in [0.1, 0.15) is 59.5 Å².